The fourth-order valence-corrected chi connectivity index (χ4v) is 1.96. The maximum Gasteiger partial charge on any atom is 0.329 e. The van der Waals surface area contributed by atoms with Gasteiger partial charge >= 0.3 is 5.97 Å². The second-order valence-electron chi connectivity index (χ2n) is 5.40. The van der Waals surface area contributed by atoms with Gasteiger partial charge in [-0.05, 0) is 26.8 Å². The number of fused-ring (bicyclic) bond motifs is 1. The molecule has 1 heterocycles. The Morgan fingerprint density at radius 3 is 2.48 bits per heavy atom. The van der Waals surface area contributed by atoms with Crippen LogP contribution in [0.3, 0.4) is 0 Å². The van der Waals surface area contributed by atoms with Gasteiger partial charge in [-0.25, -0.2) is 9.18 Å². The highest BCUT2D eigenvalue weighted by Gasteiger charge is 2.37. The first-order valence-electron chi connectivity index (χ1n) is 6.37. The minimum absolute atomic E-state index is 0.000110. The molecule has 2 rings (SSSR count). The lowest BCUT2D eigenvalue weighted by molar-refractivity contribution is -0.147. The molecule has 1 aromatic carbocycles. The van der Waals surface area contributed by atoms with Crippen LogP contribution in [0.4, 0.5) is 4.39 Å². The summed E-state index contributed by atoms with van der Waals surface area (Å²) in [4.78, 5) is 24.7. The van der Waals surface area contributed by atoms with Gasteiger partial charge < -0.3 is 14.4 Å². The number of para-hydroxylation sites is 1. The molecule has 21 heavy (non-hydrogen) atoms. The Kier molecular flexibility index (Phi) is 3.49. The summed E-state index contributed by atoms with van der Waals surface area (Å²) in [5, 5.41) is 9.68. The number of likely N-dealkylation sites (N-methyl/N-ethyl adjacent to an activating group) is 1. The zero-order valence-corrected chi connectivity index (χ0v) is 12.2. The number of nitrogens with zero attached hydrogens (tertiary/aromatic N) is 1. The van der Waals surface area contributed by atoms with E-state index in [2.05, 4.69) is 0 Å². The summed E-state index contributed by atoms with van der Waals surface area (Å²) >= 11 is 0. The van der Waals surface area contributed by atoms with Crippen LogP contribution in [0.5, 0.6) is 0 Å². The highest BCUT2D eigenvalue weighted by molar-refractivity contribution is 6.01. The highest BCUT2D eigenvalue weighted by atomic mass is 19.1. The van der Waals surface area contributed by atoms with Crippen LogP contribution in [0.25, 0.3) is 11.0 Å². The van der Waals surface area contributed by atoms with E-state index < -0.39 is 23.2 Å². The number of carboxylic acid groups (broad SMARTS) is 1. The van der Waals surface area contributed by atoms with E-state index in [0.717, 1.165) is 4.90 Å². The van der Waals surface area contributed by atoms with E-state index >= 15 is 0 Å². The molecule has 0 aliphatic heterocycles. The molecule has 0 saturated carbocycles. The fourth-order valence-electron chi connectivity index (χ4n) is 1.96. The smallest absolute Gasteiger partial charge is 0.329 e. The van der Waals surface area contributed by atoms with Gasteiger partial charge in [-0.2, -0.15) is 0 Å². The van der Waals surface area contributed by atoms with Gasteiger partial charge in [0.2, 0.25) is 0 Å². The van der Waals surface area contributed by atoms with Crippen LogP contribution in [-0.2, 0) is 4.79 Å². The quantitative estimate of drug-likeness (QED) is 0.944. The molecule has 0 aliphatic carbocycles. The molecule has 0 bridgehead atoms. The summed E-state index contributed by atoms with van der Waals surface area (Å²) in [6.07, 6.45) is 0. The number of aryl methyl sites for hydroxylation is 1. The standard InChI is InChI=1S/C15H16FNO4/c1-8-9-6-5-7-10(16)12(9)21-11(8)13(18)17(4)15(2,3)14(19)20/h5-7H,1-4H3,(H,19,20). The molecular formula is C15H16FNO4. The lowest BCUT2D eigenvalue weighted by Crippen LogP contribution is -2.50. The molecular weight excluding hydrogens is 277 g/mol. The van der Waals surface area contributed by atoms with Crippen molar-refractivity contribution < 1.29 is 23.5 Å². The molecule has 0 unspecified atom stereocenters. The van der Waals surface area contributed by atoms with Crippen LogP contribution in [-0.4, -0.2) is 34.5 Å². The predicted molar refractivity (Wildman–Crippen MR) is 74.7 cm³/mol. The van der Waals surface area contributed by atoms with Crippen molar-refractivity contribution in [2.24, 2.45) is 0 Å². The average Bonchev–Trinajstić information content (AvgIpc) is 2.76. The van der Waals surface area contributed by atoms with E-state index in [4.69, 9.17) is 4.42 Å². The lowest BCUT2D eigenvalue weighted by Gasteiger charge is -2.30. The van der Waals surface area contributed by atoms with Gasteiger partial charge in [-0.3, -0.25) is 4.79 Å². The van der Waals surface area contributed by atoms with Crippen LogP contribution in [0, 0.1) is 12.7 Å². The number of rotatable bonds is 3. The van der Waals surface area contributed by atoms with Crippen molar-refractivity contribution in [3.63, 3.8) is 0 Å². The topological polar surface area (TPSA) is 70.8 Å². The van der Waals surface area contributed by atoms with Gasteiger partial charge in [0.15, 0.2) is 17.2 Å². The van der Waals surface area contributed by atoms with Crippen molar-refractivity contribution in [1.82, 2.24) is 4.90 Å². The molecule has 1 N–H and O–H groups in total. The minimum atomic E-state index is -1.40. The van der Waals surface area contributed by atoms with E-state index in [-0.39, 0.29) is 11.3 Å². The molecule has 6 heteroatoms. The zero-order valence-electron chi connectivity index (χ0n) is 12.2. The van der Waals surface area contributed by atoms with Gasteiger partial charge in [0.25, 0.3) is 5.91 Å². The summed E-state index contributed by atoms with van der Waals surface area (Å²) in [5.74, 6) is -2.35. The number of carboxylic acids is 1. The molecule has 0 atom stereocenters. The van der Waals surface area contributed by atoms with Crippen LogP contribution in [0.1, 0.15) is 30.0 Å². The van der Waals surface area contributed by atoms with Crippen LogP contribution < -0.4 is 0 Å². The zero-order chi connectivity index (χ0) is 15.9. The Morgan fingerprint density at radius 1 is 1.33 bits per heavy atom. The first kappa shape index (κ1) is 15.0. The number of carbonyl (C=O) groups is 2. The number of hydrogen-bond acceptors (Lipinski definition) is 3. The van der Waals surface area contributed by atoms with E-state index in [0.29, 0.717) is 10.9 Å². The van der Waals surface area contributed by atoms with Crippen LogP contribution in [0.15, 0.2) is 22.6 Å². The van der Waals surface area contributed by atoms with Gasteiger partial charge in [0.1, 0.15) is 5.54 Å². The third kappa shape index (κ3) is 2.26. The SMILES string of the molecule is Cc1c(C(=O)N(C)C(C)(C)C(=O)O)oc2c(F)cccc12. The van der Waals surface area contributed by atoms with Crippen LogP contribution in [0.2, 0.25) is 0 Å². The second kappa shape index (κ2) is 4.87. The number of carbonyl (C=O) groups excluding carboxylic acids is 1. The van der Waals surface area contributed by atoms with Crippen molar-refractivity contribution >= 4 is 22.8 Å². The number of amides is 1. The highest BCUT2D eigenvalue weighted by Crippen LogP contribution is 2.29. The van der Waals surface area contributed by atoms with E-state index in [1.807, 2.05) is 0 Å². The van der Waals surface area contributed by atoms with Crippen molar-refractivity contribution in [3.05, 3.63) is 35.3 Å². The largest absolute Gasteiger partial charge is 0.480 e. The van der Waals surface area contributed by atoms with E-state index in [1.165, 1.54) is 33.0 Å². The Labute approximate surface area is 121 Å². The molecule has 5 nitrogen and oxygen atoms in total. The number of aliphatic carboxylic acids is 1. The Hall–Kier alpha value is -2.37. The Morgan fingerprint density at radius 2 is 1.95 bits per heavy atom. The summed E-state index contributed by atoms with van der Waals surface area (Å²) in [6, 6.07) is 4.42. The fraction of sp³-hybridized carbons (Fsp3) is 0.333. The first-order chi connectivity index (χ1) is 9.67. The first-order valence-corrected chi connectivity index (χ1v) is 6.37. The van der Waals surface area contributed by atoms with Crippen molar-refractivity contribution in [2.75, 3.05) is 7.05 Å². The van der Waals surface area contributed by atoms with Gasteiger partial charge in [-0.15, -0.1) is 0 Å². The molecule has 0 radical (unpaired) electrons. The molecule has 0 spiro atoms. The molecule has 0 fully saturated rings. The molecule has 0 saturated heterocycles. The molecule has 112 valence electrons. The Balaban J connectivity index is 2.52. The Bertz CT molecular complexity index is 733. The minimum Gasteiger partial charge on any atom is -0.480 e. The maximum atomic E-state index is 13.7. The number of halogens is 1. The molecule has 0 aliphatic rings. The third-order valence-electron chi connectivity index (χ3n) is 3.78. The summed E-state index contributed by atoms with van der Waals surface area (Å²) in [6.45, 7) is 4.46. The van der Waals surface area contributed by atoms with Gasteiger partial charge in [-0.1, -0.05) is 12.1 Å². The normalized spacial score (nSPS) is 11.7. The number of benzene rings is 1. The summed E-state index contributed by atoms with van der Waals surface area (Å²) < 4.78 is 19.0. The van der Waals surface area contributed by atoms with Gasteiger partial charge in [0.05, 0.1) is 0 Å². The van der Waals surface area contributed by atoms with Gasteiger partial charge in [0, 0.05) is 18.0 Å². The molecule has 1 aromatic heterocycles. The average molecular weight is 293 g/mol. The maximum absolute atomic E-state index is 13.7. The van der Waals surface area contributed by atoms with Crippen LogP contribution >= 0.6 is 0 Å². The van der Waals surface area contributed by atoms with Crippen molar-refractivity contribution in [2.45, 2.75) is 26.3 Å². The van der Waals surface area contributed by atoms with E-state index in [1.54, 1.807) is 13.0 Å². The second-order valence-corrected chi connectivity index (χ2v) is 5.40. The monoisotopic (exact) mass is 293 g/mol. The predicted octanol–water partition coefficient (Wildman–Crippen LogP) is 2.82. The van der Waals surface area contributed by atoms with E-state index in [9.17, 15) is 19.1 Å². The number of hydrogen-bond donors (Lipinski definition) is 1. The third-order valence-corrected chi connectivity index (χ3v) is 3.78. The number of furan rings is 1. The van der Waals surface area contributed by atoms with Crippen molar-refractivity contribution in [1.29, 1.82) is 0 Å². The molecule has 2 aromatic rings. The summed E-state index contributed by atoms with van der Waals surface area (Å²) in [7, 11) is 1.37. The lowest BCUT2D eigenvalue weighted by atomic mass is 10.0. The van der Waals surface area contributed by atoms with Crippen molar-refractivity contribution in [3.8, 4) is 0 Å². The summed E-state index contributed by atoms with van der Waals surface area (Å²) in [5.41, 5.74) is -0.913. The molecule has 1 amide bonds.